The van der Waals surface area contributed by atoms with Gasteiger partial charge in [-0.05, 0) is 82.9 Å². The number of nitrogens with zero attached hydrogens (tertiary/aromatic N) is 4. The van der Waals surface area contributed by atoms with Gasteiger partial charge in [-0.2, -0.15) is 0 Å². The lowest BCUT2D eigenvalue weighted by Gasteiger charge is -2.34. The van der Waals surface area contributed by atoms with Crippen LogP contribution in [0, 0.1) is 17.1 Å². The number of anilines is 3. The molecule has 1 saturated heterocycles. The zero-order chi connectivity index (χ0) is 31.9. The first kappa shape index (κ1) is 30.5. The summed E-state index contributed by atoms with van der Waals surface area (Å²) in [6.07, 6.45) is 6.66. The number of nitrogens with one attached hydrogen (secondary N) is 3. The van der Waals surface area contributed by atoms with Crippen molar-refractivity contribution < 1.29 is 19.0 Å². The molecule has 0 radical (unpaired) electrons. The maximum atomic E-state index is 14.3. The van der Waals surface area contributed by atoms with E-state index in [1.807, 2.05) is 32.9 Å². The molecule has 1 aliphatic heterocycles. The van der Waals surface area contributed by atoms with E-state index in [9.17, 15) is 14.3 Å². The molecule has 2 fully saturated rings. The van der Waals surface area contributed by atoms with Crippen LogP contribution in [0.4, 0.5) is 26.4 Å². The SMILES string of the molecule is CC(C)(C)OC(=O)N[C@H]1CCCN(c2ccc(Nc3c(C(=N)C4CC4)cnc4ccc(-c5cc(F)c(O)c(Cl)c5)nc34)cn2)C1. The first-order valence-corrected chi connectivity index (χ1v) is 15.4. The molecular formula is C33H35ClFN7O3. The number of alkyl carbamates (subject to hydrolysis) is 1. The second-order valence-electron chi connectivity index (χ2n) is 12.5. The van der Waals surface area contributed by atoms with E-state index in [0.29, 0.717) is 51.5 Å². The number of hydrogen-bond acceptors (Lipinski definition) is 9. The molecular weight excluding hydrogens is 597 g/mol. The van der Waals surface area contributed by atoms with Crippen molar-refractivity contribution >= 4 is 51.6 Å². The Balaban J connectivity index is 1.27. The van der Waals surface area contributed by atoms with Gasteiger partial charge in [-0.3, -0.25) is 4.98 Å². The van der Waals surface area contributed by atoms with Gasteiger partial charge < -0.3 is 30.8 Å². The highest BCUT2D eigenvalue weighted by atomic mass is 35.5. The van der Waals surface area contributed by atoms with Gasteiger partial charge in [0.25, 0.3) is 0 Å². The summed E-state index contributed by atoms with van der Waals surface area (Å²) in [5.74, 6) is -0.499. The second kappa shape index (κ2) is 12.1. The maximum absolute atomic E-state index is 14.3. The molecule has 234 valence electrons. The highest BCUT2D eigenvalue weighted by Crippen LogP contribution is 2.38. The predicted octanol–water partition coefficient (Wildman–Crippen LogP) is 7.20. The number of fused-ring (bicyclic) bond motifs is 1. The van der Waals surface area contributed by atoms with Gasteiger partial charge in [-0.1, -0.05) is 11.6 Å². The standard InChI is InChI=1S/C33H35ClFN7O3/c1-33(2,3)45-32(44)40-21-5-4-12-42(17-21)27-11-8-20(15-38-27)39-29-22(28(36)18-6-7-18)16-37-26-10-9-25(41-30(26)29)19-13-23(34)31(43)24(35)14-19/h8-11,13-16,18,21,36,43H,4-7,12,17H2,1-3H3,(H,37,39)(H,40,44)/t21-/m0/s1. The molecule has 4 heterocycles. The molecule has 0 spiro atoms. The molecule has 0 bridgehead atoms. The number of aromatic nitrogens is 3. The number of ether oxygens (including phenoxy) is 1. The number of aromatic hydroxyl groups is 1. The van der Waals surface area contributed by atoms with Crippen LogP contribution in [0.3, 0.4) is 0 Å². The van der Waals surface area contributed by atoms with E-state index in [1.54, 1.807) is 24.5 Å². The summed E-state index contributed by atoms with van der Waals surface area (Å²) in [4.78, 5) is 28.6. The Morgan fingerprint density at radius 3 is 2.62 bits per heavy atom. The summed E-state index contributed by atoms with van der Waals surface area (Å²) < 4.78 is 19.8. The van der Waals surface area contributed by atoms with Crippen LogP contribution in [0.5, 0.6) is 5.75 Å². The third kappa shape index (κ3) is 6.93. The molecule has 1 amide bonds. The Morgan fingerprint density at radius 1 is 1.13 bits per heavy atom. The Labute approximate surface area is 265 Å². The maximum Gasteiger partial charge on any atom is 0.407 e. The number of amides is 1. The Bertz CT molecular complexity index is 1750. The predicted molar refractivity (Wildman–Crippen MR) is 173 cm³/mol. The van der Waals surface area contributed by atoms with Gasteiger partial charge in [-0.25, -0.2) is 19.2 Å². The van der Waals surface area contributed by atoms with Gasteiger partial charge >= 0.3 is 6.09 Å². The summed E-state index contributed by atoms with van der Waals surface area (Å²) in [5, 5.41) is 24.9. The minimum absolute atomic E-state index is 0.0513. The smallest absolute Gasteiger partial charge is 0.407 e. The first-order valence-electron chi connectivity index (χ1n) is 15.0. The monoisotopic (exact) mass is 631 g/mol. The van der Waals surface area contributed by atoms with Crippen molar-refractivity contribution in [3.05, 3.63) is 65.2 Å². The van der Waals surface area contributed by atoms with Crippen molar-refractivity contribution in [1.82, 2.24) is 20.3 Å². The fourth-order valence-electron chi connectivity index (χ4n) is 5.43. The number of hydrogen-bond donors (Lipinski definition) is 4. The average molecular weight is 632 g/mol. The fourth-order valence-corrected chi connectivity index (χ4v) is 5.64. The van der Waals surface area contributed by atoms with Crippen molar-refractivity contribution in [2.75, 3.05) is 23.3 Å². The Kier molecular flexibility index (Phi) is 8.22. The Hall–Kier alpha value is -4.51. The van der Waals surface area contributed by atoms with Crippen molar-refractivity contribution in [2.24, 2.45) is 5.92 Å². The molecule has 4 N–H and O–H groups in total. The van der Waals surface area contributed by atoms with E-state index in [-0.39, 0.29) is 17.0 Å². The summed E-state index contributed by atoms with van der Waals surface area (Å²) in [7, 11) is 0. The molecule has 1 aliphatic carbocycles. The van der Waals surface area contributed by atoms with Crippen LogP contribution < -0.4 is 15.5 Å². The highest BCUT2D eigenvalue weighted by molar-refractivity contribution is 6.32. The summed E-state index contributed by atoms with van der Waals surface area (Å²) >= 11 is 6.05. The number of rotatable bonds is 7. The van der Waals surface area contributed by atoms with Gasteiger partial charge in [0.2, 0.25) is 0 Å². The second-order valence-corrected chi connectivity index (χ2v) is 13.0. The number of phenolic OH excluding ortho intramolecular Hbond substituents is 1. The van der Waals surface area contributed by atoms with Crippen LogP contribution >= 0.6 is 11.6 Å². The summed E-state index contributed by atoms with van der Waals surface area (Å²) in [6.45, 7) is 6.96. The van der Waals surface area contributed by atoms with Gasteiger partial charge in [0.05, 0.1) is 33.8 Å². The lowest BCUT2D eigenvalue weighted by molar-refractivity contribution is 0.0500. The van der Waals surface area contributed by atoms with Crippen LogP contribution in [0.15, 0.2) is 48.8 Å². The van der Waals surface area contributed by atoms with Gasteiger partial charge in [0.1, 0.15) is 16.9 Å². The van der Waals surface area contributed by atoms with Gasteiger partial charge in [0.15, 0.2) is 11.6 Å². The van der Waals surface area contributed by atoms with Gasteiger partial charge in [0, 0.05) is 48.1 Å². The molecule has 1 saturated carbocycles. The molecule has 1 aromatic carbocycles. The van der Waals surface area contributed by atoms with Crippen molar-refractivity contribution in [2.45, 2.75) is 58.1 Å². The van der Waals surface area contributed by atoms with Crippen molar-refractivity contribution in [3.8, 4) is 17.0 Å². The van der Waals surface area contributed by atoms with Crippen LogP contribution in [0.1, 0.15) is 52.0 Å². The lowest BCUT2D eigenvalue weighted by Crippen LogP contribution is -2.49. The number of carbonyl (C=O) groups is 1. The Morgan fingerprint density at radius 2 is 1.93 bits per heavy atom. The number of benzene rings is 1. The largest absolute Gasteiger partial charge is 0.504 e. The topological polar surface area (TPSA) is 136 Å². The van der Waals surface area contributed by atoms with E-state index < -0.39 is 23.3 Å². The zero-order valence-corrected chi connectivity index (χ0v) is 26.1. The quantitative estimate of drug-likeness (QED) is 0.157. The average Bonchev–Trinajstić information content (AvgIpc) is 3.85. The first-order chi connectivity index (χ1) is 21.4. The van der Waals surface area contributed by atoms with E-state index in [0.717, 1.165) is 38.0 Å². The molecule has 10 nitrogen and oxygen atoms in total. The minimum atomic E-state index is -0.841. The zero-order valence-electron chi connectivity index (χ0n) is 25.3. The van der Waals surface area contributed by atoms with Crippen LogP contribution in [0.2, 0.25) is 5.02 Å². The minimum Gasteiger partial charge on any atom is -0.504 e. The number of carbonyl (C=O) groups excluding carboxylic acids is 1. The van der Waals surface area contributed by atoms with E-state index in [2.05, 4.69) is 20.5 Å². The molecule has 4 aromatic rings. The van der Waals surface area contributed by atoms with Crippen LogP contribution in [-0.2, 0) is 4.74 Å². The van der Waals surface area contributed by atoms with Crippen LogP contribution in [-0.4, -0.2) is 56.6 Å². The molecule has 12 heteroatoms. The number of phenols is 1. The highest BCUT2D eigenvalue weighted by Gasteiger charge is 2.30. The third-order valence-electron chi connectivity index (χ3n) is 7.78. The normalized spacial score (nSPS) is 16.8. The summed E-state index contributed by atoms with van der Waals surface area (Å²) in [5.41, 5.74) is 3.82. The number of piperidine rings is 1. The molecule has 2 aliphatic rings. The molecule has 45 heavy (non-hydrogen) atoms. The van der Waals surface area contributed by atoms with Crippen molar-refractivity contribution in [3.63, 3.8) is 0 Å². The third-order valence-corrected chi connectivity index (χ3v) is 8.07. The summed E-state index contributed by atoms with van der Waals surface area (Å²) in [6, 6.07) is 9.93. The number of pyridine rings is 3. The molecule has 6 rings (SSSR count). The van der Waals surface area contributed by atoms with E-state index in [4.69, 9.17) is 31.7 Å². The van der Waals surface area contributed by atoms with E-state index >= 15 is 0 Å². The van der Waals surface area contributed by atoms with Crippen molar-refractivity contribution in [1.29, 1.82) is 5.41 Å². The molecule has 3 aromatic heterocycles. The number of halogens is 2. The van der Waals surface area contributed by atoms with E-state index in [1.165, 1.54) is 12.1 Å². The van der Waals surface area contributed by atoms with Crippen LogP contribution in [0.25, 0.3) is 22.3 Å². The van der Waals surface area contributed by atoms with Gasteiger partial charge in [-0.15, -0.1) is 0 Å². The molecule has 1 atom stereocenters. The molecule has 0 unspecified atom stereocenters. The lowest BCUT2D eigenvalue weighted by atomic mass is 10.0. The fraction of sp³-hybridized carbons (Fsp3) is 0.364.